The standard InChI is InChI=1S/C18H34N2O/c1-15(2)11-19-12-18(8-10-21-14-18)13-20-9-4-6-16-5-3-7-17(16)20/h15-17,19H,3-14H2,1-2H3. The Bertz CT molecular complexity index is 325. The van der Waals surface area contributed by atoms with E-state index in [9.17, 15) is 0 Å². The third-order valence-electron chi connectivity index (χ3n) is 5.88. The number of hydrogen-bond acceptors (Lipinski definition) is 3. The normalized spacial score (nSPS) is 37.3. The second-order valence-electron chi connectivity index (χ2n) is 8.20. The molecule has 0 radical (unpaired) electrons. The number of likely N-dealkylation sites (tertiary alicyclic amines) is 1. The molecule has 3 rings (SSSR count). The van der Waals surface area contributed by atoms with Crippen molar-refractivity contribution in [2.75, 3.05) is 39.4 Å². The average Bonchev–Trinajstić information content (AvgIpc) is 3.08. The molecule has 3 atom stereocenters. The molecule has 2 aliphatic heterocycles. The van der Waals surface area contributed by atoms with Crippen molar-refractivity contribution in [3.8, 4) is 0 Å². The maximum Gasteiger partial charge on any atom is 0.0547 e. The van der Waals surface area contributed by atoms with E-state index in [0.717, 1.165) is 44.2 Å². The zero-order valence-corrected chi connectivity index (χ0v) is 14.1. The smallest absolute Gasteiger partial charge is 0.0547 e. The molecule has 1 N–H and O–H groups in total. The summed E-state index contributed by atoms with van der Waals surface area (Å²) in [5, 5.41) is 3.71. The predicted octanol–water partition coefficient (Wildman–Crippen LogP) is 2.90. The van der Waals surface area contributed by atoms with Crippen LogP contribution in [0.4, 0.5) is 0 Å². The monoisotopic (exact) mass is 294 g/mol. The molecule has 0 amide bonds. The van der Waals surface area contributed by atoms with Crippen LogP contribution in [0.5, 0.6) is 0 Å². The van der Waals surface area contributed by atoms with Gasteiger partial charge in [-0.2, -0.15) is 0 Å². The van der Waals surface area contributed by atoms with Crippen molar-refractivity contribution in [1.29, 1.82) is 0 Å². The Labute approximate surface area is 130 Å². The fourth-order valence-electron chi connectivity index (χ4n) is 4.78. The molecule has 2 saturated heterocycles. The Kier molecular flexibility index (Phi) is 5.23. The van der Waals surface area contributed by atoms with E-state index in [1.165, 1.54) is 51.6 Å². The Balaban J connectivity index is 1.58. The minimum absolute atomic E-state index is 0.374. The maximum absolute atomic E-state index is 5.80. The van der Waals surface area contributed by atoms with Crippen LogP contribution in [0.25, 0.3) is 0 Å². The highest BCUT2D eigenvalue weighted by Crippen LogP contribution is 2.39. The minimum atomic E-state index is 0.374. The number of piperidine rings is 1. The van der Waals surface area contributed by atoms with Gasteiger partial charge in [-0.3, -0.25) is 4.90 Å². The molecule has 0 aromatic rings. The van der Waals surface area contributed by atoms with Crippen LogP contribution in [0.1, 0.15) is 52.4 Å². The van der Waals surface area contributed by atoms with Gasteiger partial charge in [-0.1, -0.05) is 20.3 Å². The lowest BCUT2D eigenvalue weighted by molar-refractivity contribution is 0.0489. The highest BCUT2D eigenvalue weighted by Gasteiger charge is 2.41. The van der Waals surface area contributed by atoms with Crippen LogP contribution in [0.3, 0.4) is 0 Å². The van der Waals surface area contributed by atoms with Crippen LogP contribution in [0, 0.1) is 17.3 Å². The minimum Gasteiger partial charge on any atom is -0.381 e. The quantitative estimate of drug-likeness (QED) is 0.815. The van der Waals surface area contributed by atoms with Gasteiger partial charge in [0.25, 0.3) is 0 Å². The number of hydrogen-bond donors (Lipinski definition) is 1. The van der Waals surface area contributed by atoms with E-state index in [1.54, 1.807) is 0 Å². The zero-order valence-electron chi connectivity index (χ0n) is 14.1. The van der Waals surface area contributed by atoms with Gasteiger partial charge in [0.1, 0.15) is 0 Å². The third kappa shape index (κ3) is 3.80. The lowest BCUT2D eigenvalue weighted by atomic mass is 9.83. The van der Waals surface area contributed by atoms with Gasteiger partial charge >= 0.3 is 0 Å². The molecule has 0 bridgehead atoms. The summed E-state index contributed by atoms with van der Waals surface area (Å²) in [6.45, 7) is 11.4. The number of nitrogens with one attached hydrogen (secondary N) is 1. The average molecular weight is 294 g/mol. The number of rotatable bonds is 6. The molecule has 0 aromatic carbocycles. The van der Waals surface area contributed by atoms with Gasteiger partial charge in [0.15, 0.2) is 0 Å². The molecule has 3 nitrogen and oxygen atoms in total. The summed E-state index contributed by atoms with van der Waals surface area (Å²) < 4.78 is 5.80. The SMILES string of the molecule is CC(C)CNCC1(CN2CCCC3CCCC32)CCOC1. The van der Waals surface area contributed by atoms with Crippen LogP contribution in [-0.4, -0.2) is 50.3 Å². The van der Waals surface area contributed by atoms with E-state index in [1.807, 2.05) is 0 Å². The van der Waals surface area contributed by atoms with E-state index >= 15 is 0 Å². The molecule has 3 fully saturated rings. The summed E-state index contributed by atoms with van der Waals surface area (Å²) in [6.07, 6.45) is 8.53. The largest absolute Gasteiger partial charge is 0.381 e. The van der Waals surface area contributed by atoms with Crippen LogP contribution in [-0.2, 0) is 4.74 Å². The van der Waals surface area contributed by atoms with Gasteiger partial charge in [0.2, 0.25) is 0 Å². The topological polar surface area (TPSA) is 24.5 Å². The first-order valence-corrected chi connectivity index (χ1v) is 9.21. The van der Waals surface area contributed by atoms with Gasteiger partial charge in [-0.15, -0.1) is 0 Å². The summed E-state index contributed by atoms with van der Waals surface area (Å²) in [4.78, 5) is 2.84. The predicted molar refractivity (Wildman–Crippen MR) is 87.5 cm³/mol. The zero-order chi connectivity index (χ0) is 14.7. The van der Waals surface area contributed by atoms with Gasteiger partial charge < -0.3 is 10.1 Å². The van der Waals surface area contributed by atoms with Crippen LogP contribution in [0.15, 0.2) is 0 Å². The second-order valence-corrected chi connectivity index (χ2v) is 8.20. The van der Waals surface area contributed by atoms with Crippen LogP contribution < -0.4 is 5.32 Å². The van der Waals surface area contributed by atoms with Gasteiger partial charge in [0, 0.05) is 31.2 Å². The Morgan fingerprint density at radius 3 is 2.86 bits per heavy atom. The molecule has 3 unspecified atom stereocenters. The summed E-state index contributed by atoms with van der Waals surface area (Å²) in [6, 6.07) is 0.890. The third-order valence-corrected chi connectivity index (χ3v) is 5.88. The molecule has 1 aliphatic carbocycles. The molecular weight excluding hydrogens is 260 g/mol. The molecular formula is C18H34N2O. The Morgan fingerprint density at radius 1 is 1.24 bits per heavy atom. The number of ether oxygens (including phenoxy) is 1. The summed E-state index contributed by atoms with van der Waals surface area (Å²) in [7, 11) is 0. The fourth-order valence-corrected chi connectivity index (χ4v) is 4.78. The first kappa shape index (κ1) is 15.8. The van der Waals surface area contributed by atoms with Crippen molar-refractivity contribution in [1.82, 2.24) is 10.2 Å². The first-order chi connectivity index (χ1) is 10.2. The lowest BCUT2D eigenvalue weighted by Crippen LogP contribution is -2.51. The summed E-state index contributed by atoms with van der Waals surface area (Å²) >= 11 is 0. The molecule has 2 heterocycles. The van der Waals surface area contributed by atoms with E-state index < -0.39 is 0 Å². The van der Waals surface area contributed by atoms with E-state index in [4.69, 9.17) is 4.74 Å². The highest BCUT2D eigenvalue weighted by molar-refractivity contribution is 4.95. The highest BCUT2D eigenvalue weighted by atomic mass is 16.5. The van der Waals surface area contributed by atoms with Crippen molar-refractivity contribution < 1.29 is 4.74 Å². The Hall–Kier alpha value is -0.120. The molecule has 0 aromatic heterocycles. The van der Waals surface area contributed by atoms with Gasteiger partial charge in [0.05, 0.1) is 6.61 Å². The molecule has 0 spiro atoms. The summed E-state index contributed by atoms with van der Waals surface area (Å²) in [5.41, 5.74) is 0.374. The fraction of sp³-hybridized carbons (Fsp3) is 1.00. The van der Waals surface area contributed by atoms with Gasteiger partial charge in [-0.25, -0.2) is 0 Å². The molecule has 122 valence electrons. The second kappa shape index (κ2) is 6.97. The Morgan fingerprint density at radius 2 is 2.10 bits per heavy atom. The molecule has 3 heteroatoms. The lowest BCUT2D eigenvalue weighted by Gasteiger charge is -2.43. The molecule has 3 aliphatic rings. The van der Waals surface area contributed by atoms with Crippen molar-refractivity contribution in [3.05, 3.63) is 0 Å². The molecule has 21 heavy (non-hydrogen) atoms. The first-order valence-electron chi connectivity index (χ1n) is 9.21. The van der Waals surface area contributed by atoms with Gasteiger partial charge in [-0.05, 0) is 57.0 Å². The van der Waals surface area contributed by atoms with Crippen molar-refractivity contribution in [3.63, 3.8) is 0 Å². The van der Waals surface area contributed by atoms with Crippen molar-refractivity contribution >= 4 is 0 Å². The maximum atomic E-state index is 5.80. The van der Waals surface area contributed by atoms with Crippen molar-refractivity contribution in [2.45, 2.75) is 58.4 Å². The van der Waals surface area contributed by atoms with Crippen LogP contribution >= 0.6 is 0 Å². The molecule has 1 saturated carbocycles. The number of fused-ring (bicyclic) bond motifs is 1. The van der Waals surface area contributed by atoms with Crippen LogP contribution in [0.2, 0.25) is 0 Å². The van der Waals surface area contributed by atoms with Crippen molar-refractivity contribution in [2.24, 2.45) is 17.3 Å². The van der Waals surface area contributed by atoms with E-state index in [2.05, 4.69) is 24.1 Å². The summed E-state index contributed by atoms with van der Waals surface area (Å²) in [5.74, 6) is 1.74. The number of nitrogens with zero attached hydrogens (tertiary/aromatic N) is 1. The van der Waals surface area contributed by atoms with E-state index in [-0.39, 0.29) is 0 Å². The van der Waals surface area contributed by atoms with E-state index in [0.29, 0.717) is 5.41 Å².